The van der Waals surface area contributed by atoms with E-state index >= 15 is 0 Å². The molecule has 2 unspecified atom stereocenters. The Kier molecular flexibility index (Phi) is 9.93. The fourth-order valence-corrected chi connectivity index (χ4v) is 3.96. The first-order chi connectivity index (χ1) is 15.2. The summed E-state index contributed by atoms with van der Waals surface area (Å²) in [6.07, 6.45) is 0.561. The number of esters is 1. The van der Waals surface area contributed by atoms with E-state index < -0.39 is 11.7 Å². The van der Waals surface area contributed by atoms with E-state index in [0.29, 0.717) is 25.5 Å². The molecule has 1 aromatic rings. The number of hydrogen-bond donors (Lipinski definition) is 1. The number of nitrogens with one attached hydrogen (secondary N) is 1. The third-order valence-electron chi connectivity index (χ3n) is 5.43. The van der Waals surface area contributed by atoms with Crippen molar-refractivity contribution in [1.29, 1.82) is 0 Å². The number of anilines is 1. The van der Waals surface area contributed by atoms with Crippen molar-refractivity contribution in [2.24, 2.45) is 0 Å². The topological polar surface area (TPSA) is 86.3 Å². The summed E-state index contributed by atoms with van der Waals surface area (Å²) < 4.78 is 21.2. The minimum Gasteiger partial charge on any atom is -0.469 e. The highest BCUT2D eigenvalue weighted by atomic mass is 16.6. The Balaban J connectivity index is 2.42. The van der Waals surface area contributed by atoms with Crippen molar-refractivity contribution in [3.05, 3.63) is 29.3 Å². The zero-order valence-electron chi connectivity index (χ0n) is 20.2. The highest BCUT2D eigenvalue weighted by Crippen LogP contribution is 2.34. The molecule has 2 atom stereocenters. The summed E-state index contributed by atoms with van der Waals surface area (Å²) >= 11 is 0. The van der Waals surface area contributed by atoms with Crippen molar-refractivity contribution in [2.75, 3.05) is 52.4 Å². The van der Waals surface area contributed by atoms with Crippen LogP contribution in [0.25, 0.3) is 0 Å². The van der Waals surface area contributed by atoms with Gasteiger partial charge in [0, 0.05) is 37.8 Å². The largest absolute Gasteiger partial charge is 0.469 e. The number of morpholine rings is 1. The predicted octanol–water partition coefficient (Wildman–Crippen LogP) is 4.11. The molecule has 2 rings (SSSR count). The van der Waals surface area contributed by atoms with Crippen LogP contribution in [0.3, 0.4) is 0 Å². The van der Waals surface area contributed by atoms with Crippen LogP contribution in [0.4, 0.5) is 10.5 Å². The van der Waals surface area contributed by atoms with E-state index in [1.165, 1.54) is 7.11 Å². The average molecular weight is 451 g/mol. The third-order valence-corrected chi connectivity index (χ3v) is 5.43. The maximum atomic E-state index is 12.6. The Morgan fingerprint density at radius 2 is 1.88 bits per heavy atom. The van der Waals surface area contributed by atoms with Gasteiger partial charge in [-0.15, -0.1) is 0 Å². The number of benzene rings is 1. The molecule has 0 saturated carbocycles. The number of methoxy groups -OCH3 is 2. The quantitative estimate of drug-likeness (QED) is 0.567. The molecule has 32 heavy (non-hydrogen) atoms. The van der Waals surface area contributed by atoms with Crippen molar-refractivity contribution >= 4 is 17.7 Å². The van der Waals surface area contributed by atoms with Crippen LogP contribution in [0.5, 0.6) is 0 Å². The Bertz CT molecular complexity index is 755. The number of rotatable bonds is 9. The first kappa shape index (κ1) is 26.1. The van der Waals surface area contributed by atoms with E-state index in [1.54, 1.807) is 7.11 Å². The number of carbonyl (C=O) groups excluding carboxylic acids is 2. The molecule has 1 heterocycles. The lowest BCUT2D eigenvalue weighted by atomic mass is 9.92. The van der Waals surface area contributed by atoms with Gasteiger partial charge in [0.15, 0.2) is 0 Å². The molecule has 180 valence electrons. The Morgan fingerprint density at radius 1 is 1.19 bits per heavy atom. The van der Waals surface area contributed by atoms with Crippen LogP contribution < -0.4 is 5.32 Å². The Labute approximate surface area is 191 Å². The van der Waals surface area contributed by atoms with Crippen molar-refractivity contribution in [3.8, 4) is 0 Å². The normalized spacial score (nSPS) is 16.8. The molecule has 1 aromatic carbocycles. The van der Waals surface area contributed by atoms with Crippen LogP contribution >= 0.6 is 0 Å². The lowest BCUT2D eigenvalue weighted by Gasteiger charge is -2.35. The van der Waals surface area contributed by atoms with Crippen molar-refractivity contribution in [2.45, 2.75) is 58.1 Å². The monoisotopic (exact) mass is 450 g/mol. The summed E-state index contributed by atoms with van der Waals surface area (Å²) in [6, 6.07) is 6.09. The minimum atomic E-state index is -0.611. The number of nitrogens with zero attached hydrogens (tertiary/aromatic N) is 1. The highest BCUT2D eigenvalue weighted by Gasteiger charge is 2.26. The van der Waals surface area contributed by atoms with Crippen LogP contribution in [0.2, 0.25) is 0 Å². The van der Waals surface area contributed by atoms with Crippen molar-refractivity contribution in [3.63, 3.8) is 0 Å². The number of hydrogen-bond acceptors (Lipinski definition) is 7. The second-order valence-corrected chi connectivity index (χ2v) is 8.98. The molecule has 0 spiro atoms. The molecular formula is C24H38N2O6. The average Bonchev–Trinajstić information content (AvgIpc) is 2.74. The number of amides is 1. The summed E-state index contributed by atoms with van der Waals surface area (Å²) in [6.45, 7) is 11.0. The zero-order valence-corrected chi connectivity index (χ0v) is 20.2. The predicted molar refractivity (Wildman–Crippen MR) is 123 cm³/mol. The van der Waals surface area contributed by atoms with Crippen LogP contribution in [0.1, 0.15) is 63.6 Å². The maximum absolute atomic E-state index is 12.6. The summed E-state index contributed by atoms with van der Waals surface area (Å²) in [5, 5.41) is 2.95. The van der Waals surface area contributed by atoms with E-state index in [9.17, 15) is 9.59 Å². The maximum Gasteiger partial charge on any atom is 0.412 e. The summed E-state index contributed by atoms with van der Waals surface area (Å²) in [5.41, 5.74) is 1.97. The summed E-state index contributed by atoms with van der Waals surface area (Å²) in [7, 11) is 2.98. The molecule has 1 aliphatic rings. The fraction of sp³-hybridized carbons (Fsp3) is 0.667. The lowest BCUT2D eigenvalue weighted by Crippen LogP contribution is -2.39. The van der Waals surface area contributed by atoms with Crippen LogP contribution in [-0.2, 0) is 23.7 Å². The zero-order chi connectivity index (χ0) is 23.7. The number of carbonyl (C=O) groups is 2. The molecule has 1 fully saturated rings. The van der Waals surface area contributed by atoms with Crippen LogP contribution in [0, 0.1) is 0 Å². The first-order valence-corrected chi connectivity index (χ1v) is 11.2. The summed E-state index contributed by atoms with van der Waals surface area (Å²) in [4.78, 5) is 26.9. The molecule has 8 heteroatoms. The molecule has 0 radical (unpaired) electrons. The van der Waals surface area contributed by atoms with E-state index in [1.807, 2.05) is 39.0 Å². The smallest absolute Gasteiger partial charge is 0.412 e. The highest BCUT2D eigenvalue weighted by molar-refractivity contribution is 5.86. The van der Waals surface area contributed by atoms with Gasteiger partial charge in [0.1, 0.15) is 5.60 Å². The molecule has 0 aromatic heterocycles. The van der Waals surface area contributed by atoms with Crippen molar-refractivity contribution < 1.29 is 28.5 Å². The van der Waals surface area contributed by atoms with E-state index in [4.69, 9.17) is 18.9 Å². The van der Waals surface area contributed by atoms with Gasteiger partial charge in [0.05, 0.1) is 33.4 Å². The standard InChI is InChI=1S/C24H38N2O6/c1-7-21(26-10-12-31-13-11-26)19-9-8-17(18(16-29-5)15-22(27)30-6)14-20(19)25-23(28)32-24(2,3)4/h8-9,14,18,21H,7,10-13,15-16H2,1-6H3,(H,25,28). The van der Waals surface area contributed by atoms with Gasteiger partial charge in [-0.1, -0.05) is 19.1 Å². The SMILES string of the molecule is CCC(c1ccc(C(COC)CC(=O)OC)cc1NC(=O)OC(C)(C)C)N1CCOCC1. The van der Waals surface area contributed by atoms with E-state index in [-0.39, 0.29) is 24.3 Å². The lowest BCUT2D eigenvalue weighted by molar-refractivity contribution is -0.141. The second-order valence-electron chi connectivity index (χ2n) is 8.98. The van der Waals surface area contributed by atoms with Gasteiger partial charge in [-0.05, 0) is 44.4 Å². The summed E-state index contributed by atoms with van der Waals surface area (Å²) in [5.74, 6) is -0.498. The van der Waals surface area contributed by atoms with Crippen LogP contribution in [-0.4, -0.2) is 69.7 Å². The Morgan fingerprint density at radius 3 is 2.44 bits per heavy atom. The van der Waals surface area contributed by atoms with Gasteiger partial charge in [-0.2, -0.15) is 0 Å². The van der Waals surface area contributed by atoms with Gasteiger partial charge in [-0.25, -0.2) is 4.79 Å². The van der Waals surface area contributed by atoms with Gasteiger partial charge in [0.2, 0.25) is 0 Å². The van der Waals surface area contributed by atoms with Crippen molar-refractivity contribution in [1.82, 2.24) is 4.90 Å². The molecule has 8 nitrogen and oxygen atoms in total. The molecule has 1 aliphatic heterocycles. The molecule has 1 N–H and O–H groups in total. The van der Waals surface area contributed by atoms with Gasteiger partial charge in [-0.3, -0.25) is 15.0 Å². The first-order valence-electron chi connectivity index (χ1n) is 11.2. The third kappa shape index (κ3) is 7.76. The number of ether oxygens (including phenoxy) is 4. The molecular weight excluding hydrogens is 412 g/mol. The van der Waals surface area contributed by atoms with Gasteiger partial charge < -0.3 is 18.9 Å². The molecule has 1 saturated heterocycles. The molecule has 0 aliphatic carbocycles. The van der Waals surface area contributed by atoms with E-state index in [2.05, 4.69) is 17.1 Å². The fourth-order valence-electron chi connectivity index (χ4n) is 3.96. The van der Waals surface area contributed by atoms with Gasteiger partial charge >= 0.3 is 12.1 Å². The Hall–Kier alpha value is -2.16. The molecule has 1 amide bonds. The van der Waals surface area contributed by atoms with Gasteiger partial charge in [0.25, 0.3) is 0 Å². The molecule has 0 bridgehead atoms. The van der Waals surface area contributed by atoms with Crippen LogP contribution in [0.15, 0.2) is 18.2 Å². The second kappa shape index (κ2) is 12.2. The minimum absolute atomic E-state index is 0.124. The van der Waals surface area contributed by atoms with E-state index in [0.717, 1.165) is 30.6 Å².